The van der Waals surface area contributed by atoms with Crippen molar-refractivity contribution in [2.24, 2.45) is 0 Å². The van der Waals surface area contributed by atoms with Crippen LogP contribution in [-0.4, -0.2) is 24.5 Å². The van der Waals surface area contributed by atoms with Crippen molar-refractivity contribution in [3.05, 3.63) is 237 Å². The fourth-order valence-corrected chi connectivity index (χ4v) is 9.85. The van der Waals surface area contributed by atoms with Crippen LogP contribution in [0.2, 0.25) is 0 Å². The van der Waals surface area contributed by atoms with Crippen LogP contribution in [0.4, 0.5) is 0 Å². The Morgan fingerprint density at radius 1 is 0.284 bits per heavy atom. The van der Waals surface area contributed by atoms with E-state index in [-0.39, 0.29) is 0 Å². The predicted molar refractivity (Wildman–Crippen MR) is 277 cm³/mol. The monoisotopic (exact) mass is 853 g/mol. The second-order valence-electron chi connectivity index (χ2n) is 17.0. The Morgan fingerprint density at radius 3 is 1.61 bits per heavy atom. The third kappa shape index (κ3) is 6.64. The minimum Gasteiger partial charge on any atom is -0.309 e. The molecular formula is C62H39N5. The summed E-state index contributed by atoms with van der Waals surface area (Å²) in [5.74, 6) is 1.85. The molecule has 67 heavy (non-hydrogen) atoms. The lowest BCUT2D eigenvalue weighted by molar-refractivity contribution is 1.07. The summed E-state index contributed by atoms with van der Waals surface area (Å²) >= 11 is 0. The summed E-state index contributed by atoms with van der Waals surface area (Å²) in [5, 5.41) is 8.15. The third-order valence-electron chi connectivity index (χ3n) is 13.0. The fourth-order valence-electron chi connectivity index (χ4n) is 9.85. The van der Waals surface area contributed by atoms with Crippen LogP contribution in [0.15, 0.2) is 237 Å². The molecule has 13 rings (SSSR count). The molecule has 0 saturated carbocycles. The maximum Gasteiger partial charge on any atom is 0.164 e. The lowest BCUT2D eigenvalue weighted by Crippen LogP contribution is -2.01. The zero-order valence-corrected chi connectivity index (χ0v) is 36.3. The molecule has 0 fully saturated rings. The van der Waals surface area contributed by atoms with Gasteiger partial charge in [0.05, 0.1) is 22.2 Å². The van der Waals surface area contributed by atoms with Crippen LogP contribution in [0.1, 0.15) is 0 Å². The van der Waals surface area contributed by atoms with Gasteiger partial charge in [0, 0.05) is 54.9 Å². The number of aromatic nitrogens is 5. The van der Waals surface area contributed by atoms with Crippen LogP contribution < -0.4 is 0 Å². The molecule has 13 aromatic rings. The molecule has 10 aromatic carbocycles. The van der Waals surface area contributed by atoms with Crippen LogP contribution in [-0.2, 0) is 0 Å². The Bertz CT molecular complexity index is 4010. The van der Waals surface area contributed by atoms with Crippen LogP contribution in [0.3, 0.4) is 0 Å². The van der Waals surface area contributed by atoms with E-state index >= 15 is 0 Å². The van der Waals surface area contributed by atoms with E-state index in [1.54, 1.807) is 0 Å². The fraction of sp³-hybridized carbons (Fsp3) is 0. The molecule has 0 N–H and O–H groups in total. The number of para-hydroxylation sites is 2. The molecule has 3 aromatic heterocycles. The number of pyridine rings is 1. The predicted octanol–water partition coefficient (Wildman–Crippen LogP) is 15.8. The highest BCUT2D eigenvalue weighted by Gasteiger charge is 2.22. The van der Waals surface area contributed by atoms with Gasteiger partial charge in [0.25, 0.3) is 0 Å². The third-order valence-corrected chi connectivity index (χ3v) is 13.0. The van der Waals surface area contributed by atoms with Gasteiger partial charge in [-0.2, -0.15) is 0 Å². The Labute approximate surface area is 387 Å². The first-order valence-electron chi connectivity index (χ1n) is 22.6. The van der Waals surface area contributed by atoms with Crippen LogP contribution in [0, 0.1) is 0 Å². The van der Waals surface area contributed by atoms with Crippen molar-refractivity contribution in [2.75, 3.05) is 0 Å². The molecule has 5 heteroatoms. The van der Waals surface area contributed by atoms with E-state index < -0.39 is 0 Å². The Kier molecular flexibility index (Phi) is 9.10. The van der Waals surface area contributed by atoms with E-state index in [4.69, 9.17) is 19.9 Å². The second-order valence-corrected chi connectivity index (χ2v) is 17.0. The van der Waals surface area contributed by atoms with E-state index in [9.17, 15) is 0 Å². The summed E-state index contributed by atoms with van der Waals surface area (Å²) in [6.45, 7) is 0. The topological polar surface area (TPSA) is 56.5 Å². The molecule has 0 amide bonds. The van der Waals surface area contributed by atoms with Crippen molar-refractivity contribution < 1.29 is 0 Å². The summed E-state index contributed by atoms with van der Waals surface area (Å²) < 4.78 is 2.40. The lowest BCUT2D eigenvalue weighted by Gasteiger charge is -2.13. The lowest BCUT2D eigenvalue weighted by atomic mass is 9.94. The van der Waals surface area contributed by atoms with E-state index in [0.717, 1.165) is 88.6 Å². The highest BCUT2D eigenvalue weighted by molar-refractivity contribution is 6.30. The molecule has 0 atom stereocenters. The van der Waals surface area contributed by atoms with Crippen molar-refractivity contribution in [1.82, 2.24) is 24.5 Å². The van der Waals surface area contributed by atoms with Gasteiger partial charge in [0.15, 0.2) is 17.5 Å². The largest absolute Gasteiger partial charge is 0.309 e. The average Bonchev–Trinajstić information content (AvgIpc) is 3.75. The minimum atomic E-state index is 0.612. The van der Waals surface area contributed by atoms with Crippen molar-refractivity contribution >= 4 is 54.3 Å². The van der Waals surface area contributed by atoms with Gasteiger partial charge in [-0.1, -0.05) is 194 Å². The molecule has 0 aliphatic heterocycles. The zero-order valence-electron chi connectivity index (χ0n) is 36.3. The van der Waals surface area contributed by atoms with Crippen molar-refractivity contribution in [1.29, 1.82) is 0 Å². The normalized spacial score (nSPS) is 11.6. The van der Waals surface area contributed by atoms with Gasteiger partial charge in [0.2, 0.25) is 0 Å². The molecule has 0 aliphatic carbocycles. The zero-order chi connectivity index (χ0) is 44.3. The molecule has 0 radical (unpaired) electrons. The number of hydrogen-bond donors (Lipinski definition) is 0. The smallest absolute Gasteiger partial charge is 0.164 e. The molecular weight excluding hydrogens is 815 g/mol. The highest BCUT2D eigenvalue weighted by atomic mass is 15.0. The second kappa shape index (κ2) is 15.9. The standard InChI is InChI=1S/C62H39N5/c1-4-16-40(17-5-1)42-28-31-44(32-29-42)61-64-60(43-19-6-2-7-20-43)65-62(66-61)50-25-13-12-24-49(50)46-34-36-55-53(39-46)58-56(67(55)48-22-8-3-9-23-48)37-35-52-57(58)51-26-14-15-27-54(51)63-59(52)47-33-30-41-18-10-11-21-45(41)38-47/h1-39H. The molecule has 0 aliphatic rings. The van der Waals surface area contributed by atoms with E-state index in [1.807, 2.05) is 24.3 Å². The van der Waals surface area contributed by atoms with E-state index in [0.29, 0.717) is 17.5 Å². The van der Waals surface area contributed by atoms with Gasteiger partial charge in [-0.3, -0.25) is 0 Å². The summed E-state index contributed by atoms with van der Waals surface area (Å²) in [6, 6.07) is 83.5. The van der Waals surface area contributed by atoms with Crippen molar-refractivity contribution in [3.8, 4) is 73.4 Å². The van der Waals surface area contributed by atoms with Gasteiger partial charge in [0.1, 0.15) is 0 Å². The van der Waals surface area contributed by atoms with Gasteiger partial charge in [-0.25, -0.2) is 19.9 Å². The molecule has 5 nitrogen and oxygen atoms in total. The number of hydrogen-bond acceptors (Lipinski definition) is 4. The van der Waals surface area contributed by atoms with Crippen LogP contribution in [0.25, 0.3) is 128 Å². The van der Waals surface area contributed by atoms with Crippen molar-refractivity contribution in [3.63, 3.8) is 0 Å². The maximum atomic E-state index is 5.39. The minimum absolute atomic E-state index is 0.612. The number of nitrogens with zero attached hydrogens (tertiary/aromatic N) is 5. The van der Waals surface area contributed by atoms with Crippen LogP contribution in [0.5, 0.6) is 0 Å². The highest BCUT2D eigenvalue weighted by Crippen LogP contribution is 2.44. The molecule has 0 unspecified atom stereocenters. The molecule has 0 bridgehead atoms. The van der Waals surface area contributed by atoms with Gasteiger partial charge in [-0.05, 0) is 75.5 Å². The van der Waals surface area contributed by atoms with Crippen molar-refractivity contribution in [2.45, 2.75) is 0 Å². The number of benzene rings is 10. The van der Waals surface area contributed by atoms with Gasteiger partial charge < -0.3 is 4.57 Å². The number of fused-ring (bicyclic) bond motifs is 8. The first-order valence-corrected chi connectivity index (χ1v) is 22.6. The Morgan fingerprint density at radius 2 is 0.836 bits per heavy atom. The molecule has 0 spiro atoms. The van der Waals surface area contributed by atoms with E-state index in [2.05, 4.69) is 217 Å². The Balaban J connectivity index is 1.04. The molecule has 0 saturated heterocycles. The van der Waals surface area contributed by atoms with Gasteiger partial charge in [-0.15, -0.1) is 0 Å². The average molecular weight is 854 g/mol. The Hall–Kier alpha value is -9.06. The summed E-state index contributed by atoms with van der Waals surface area (Å²) in [5.41, 5.74) is 13.6. The molecule has 3 heterocycles. The van der Waals surface area contributed by atoms with Crippen LogP contribution >= 0.6 is 0 Å². The first kappa shape index (κ1) is 38.4. The first-order chi connectivity index (χ1) is 33.2. The van der Waals surface area contributed by atoms with Gasteiger partial charge >= 0.3 is 0 Å². The number of rotatable bonds is 7. The molecule has 312 valence electrons. The summed E-state index contributed by atoms with van der Waals surface area (Å²) in [4.78, 5) is 20.9. The SMILES string of the molecule is c1ccc(-c2ccc(-c3nc(-c4ccccc4)nc(-c4ccccc4-c4ccc5c(c4)c4c6c(ccc4n5-c4ccccc4)c(-c4ccc5ccccc5c4)nc4ccccc46)n3)cc2)cc1. The summed E-state index contributed by atoms with van der Waals surface area (Å²) in [6.07, 6.45) is 0. The summed E-state index contributed by atoms with van der Waals surface area (Å²) in [7, 11) is 0. The van der Waals surface area contributed by atoms with E-state index in [1.165, 1.54) is 21.5 Å². The quantitative estimate of drug-likeness (QED) is 0.150. The maximum absolute atomic E-state index is 5.39.